The van der Waals surface area contributed by atoms with Crippen LogP contribution in [0.1, 0.15) is 18.4 Å². The highest BCUT2D eigenvalue weighted by Crippen LogP contribution is 2.19. The van der Waals surface area contributed by atoms with Gasteiger partial charge in [0.1, 0.15) is 0 Å². The molecule has 1 atom stereocenters. The minimum atomic E-state index is -3.18. The molecule has 0 aliphatic carbocycles. The number of benzene rings is 1. The summed E-state index contributed by atoms with van der Waals surface area (Å²) in [7, 11) is -3.18. The second-order valence-corrected chi connectivity index (χ2v) is 5.84. The molecule has 0 bridgehead atoms. The van der Waals surface area contributed by atoms with Crippen LogP contribution in [0.4, 0.5) is 0 Å². The van der Waals surface area contributed by atoms with Crippen LogP contribution in [0.5, 0.6) is 0 Å². The highest BCUT2D eigenvalue weighted by molar-refractivity contribution is 7.90. The number of carboxylic acid groups (broad SMARTS) is 1. The van der Waals surface area contributed by atoms with Gasteiger partial charge in [0.05, 0.1) is 4.90 Å². The Balaban J connectivity index is 2.92. The van der Waals surface area contributed by atoms with Gasteiger partial charge in [-0.1, -0.05) is 25.1 Å². The summed E-state index contributed by atoms with van der Waals surface area (Å²) in [5.41, 5.74) is 0.870. The Kier molecular flexibility index (Phi) is 4.07. The van der Waals surface area contributed by atoms with Crippen molar-refractivity contribution in [3.63, 3.8) is 0 Å². The highest BCUT2D eigenvalue weighted by atomic mass is 32.2. The average molecular weight is 254 g/mol. The first kappa shape index (κ1) is 13.4. The molecule has 0 saturated carbocycles. The zero-order chi connectivity index (χ0) is 13.1. The van der Waals surface area contributed by atoms with Gasteiger partial charge in [-0.05, 0) is 23.6 Å². The van der Waals surface area contributed by atoms with Crippen molar-refractivity contribution in [1.82, 2.24) is 0 Å². The molecule has 1 rings (SSSR count). The van der Waals surface area contributed by atoms with Crippen LogP contribution in [-0.2, 0) is 14.6 Å². The lowest BCUT2D eigenvalue weighted by atomic mass is 10.0. The summed E-state index contributed by atoms with van der Waals surface area (Å²) in [6.07, 6.45) is 3.78. The summed E-state index contributed by atoms with van der Waals surface area (Å²) in [5, 5.41) is 8.49. The summed E-state index contributed by atoms with van der Waals surface area (Å²) < 4.78 is 22.5. The lowest BCUT2D eigenvalue weighted by Crippen LogP contribution is -1.98. The predicted octanol–water partition coefficient (Wildman–Crippen LogP) is 1.83. The standard InChI is InChI=1S/C12H14O4S/c1-9(3-8-12(13)14)10-4-6-11(7-5-10)17(2,15)16/h3-9H,1-2H3,(H,13,14)/b8-3+. The Hall–Kier alpha value is -1.62. The Labute approximate surface area is 101 Å². The normalized spacial score (nSPS) is 13.8. The molecule has 1 aromatic rings. The Morgan fingerprint density at radius 1 is 1.29 bits per heavy atom. The van der Waals surface area contributed by atoms with Gasteiger partial charge in [0.15, 0.2) is 9.84 Å². The molecule has 5 heteroatoms. The first-order chi connectivity index (χ1) is 7.80. The third-order valence-electron chi connectivity index (χ3n) is 2.36. The molecule has 0 radical (unpaired) electrons. The number of aliphatic carboxylic acids is 1. The maximum Gasteiger partial charge on any atom is 0.327 e. The number of allylic oxidation sites excluding steroid dienone is 1. The Bertz CT molecular complexity index is 526. The van der Waals surface area contributed by atoms with Crippen molar-refractivity contribution < 1.29 is 18.3 Å². The molecular formula is C12H14O4S. The van der Waals surface area contributed by atoms with Crippen LogP contribution in [0.2, 0.25) is 0 Å². The van der Waals surface area contributed by atoms with Crippen LogP contribution >= 0.6 is 0 Å². The second-order valence-electron chi connectivity index (χ2n) is 3.83. The quantitative estimate of drug-likeness (QED) is 0.832. The number of sulfone groups is 1. The van der Waals surface area contributed by atoms with Crippen LogP contribution in [0.3, 0.4) is 0 Å². The van der Waals surface area contributed by atoms with Crippen molar-refractivity contribution in [2.24, 2.45) is 0 Å². The van der Waals surface area contributed by atoms with Gasteiger partial charge in [0, 0.05) is 12.3 Å². The summed E-state index contributed by atoms with van der Waals surface area (Å²) in [6.45, 7) is 1.84. The monoisotopic (exact) mass is 254 g/mol. The van der Waals surface area contributed by atoms with E-state index in [0.29, 0.717) is 0 Å². The molecule has 92 valence electrons. The molecule has 1 unspecified atom stereocenters. The van der Waals surface area contributed by atoms with Crippen LogP contribution in [0, 0.1) is 0 Å². The lowest BCUT2D eigenvalue weighted by Gasteiger charge is -2.07. The van der Waals surface area contributed by atoms with Crippen LogP contribution in [0.15, 0.2) is 41.3 Å². The summed E-state index contributed by atoms with van der Waals surface area (Å²) in [4.78, 5) is 10.6. The van der Waals surface area contributed by atoms with E-state index in [1.807, 2.05) is 6.92 Å². The molecule has 0 aromatic heterocycles. The molecule has 0 amide bonds. The number of hydrogen-bond donors (Lipinski definition) is 1. The molecule has 0 aliphatic heterocycles. The maximum absolute atomic E-state index is 11.2. The molecule has 0 saturated heterocycles. The van der Waals surface area contributed by atoms with Gasteiger partial charge >= 0.3 is 5.97 Å². The number of carboxylic acids is 1. The van der Waals surface area contributed by atoms with Crippen molar-refractivity contribution in [1.29, 1.82) is 0 Å². The minimum Gasteiger partial charge on any atom is -0.478 e. The molecule has 1 aromatic carbocycles. The topological polar surface area (TPSA) is 71.4 Å². The lowest BCUT2D eigenvalue weighted by molar-refractivity contribution is -0.131. The predicted molar refractivity (Wildman–Crippen MR) is 64.7 cm³/mol. The maximum atomic E-state index is 11.2. The van der Waals surface area contributed by atoms with Gasteiger partial charge in [-0.2, -0.15) is 0 Å². The van der Waals surface area contributed by atoms with Gasteiger partial charge in [0.25, 0.3) is 0 Å². The van der Waals surface area contributed by atoms with Gasteiger partial charge in [0.2, 0.25) is 0 Å². The third kappa shape index (κ3) is 4.03. The van der Waals surface area contributed by atoms with Crippen LogP contribution < -0.4 is 0 Å². The van der Waals surface area contributed by atoms with Crippen molar-refractivity contribution in [3.05, 3.63) is 42.0 Å². The SMILES string of the molecule is CC(/C=C/C(=O)O)c1ccc(S(C)(=O)=O)cc1. The first-order valence-electron chi connectivity index (χ1n) is 5.02. The van der Waals surface area contributed by atoms with E-state index in [1.165, 1.54) is 12.1 Å². The van der Waals surface area contributed by atoms with Gasteiger partial charge in [-0.25, -0.2) is 13.2 Å². The number of hydrogen-bond acceptors (Lipinski definition) is 3. The van der Waals surface area contributed by atoms with E-state index in [0.717, 1.165) is 17.9 Å². The molecule has 0 fully saturated rings. The van der Waals surface area contributed by atoms with Crippen LogP contribution in [-0.4, -0.2) is 25.7 Å². The summed E-state index contributed by atoms with van der Waals surface area (Å²) in [5.74, 6) is -1.07. The van der Waals surface area contributed by atoms with E-state index in [1.54, 1.807) is 18.2 Å². The Morgan fingerprint density at radius 3 is 2.24 bits per heavy atom. The summed E-state index contributed by atoms with van der Waals surface area (Å²) >= 11 is 0. The largest absolute Gasteiger partial charge is 0.478 e. The average Bonchev–Trinajstić information content (AvgIpc) is 2.25. The zero-order valence-electron chi connectivity index (χ0n) is 9.62. The van der Waals surface area contributed by atoms with Gasteiger partial charge in [-0.15, -0.1) is 0 Å². The van der Waals surface area contributed by atoms with Gasteiger partial charge in [-0.3, -0.25) is 0 Å². The molecule has 1 N–H and O–H groups in total. The summed E-state index contributed by atoms with van der Waals surface area (Å²) in [6, 6.07) is 6.42. The van der Waals surface area contributed by atoms with E-state index < -0.39 is 15.8 Å². The smallest absolute Gasteiger partial charge is 0.327 e. The molecule has 4 nitrogen and oxygen atoms in total. The molecule has 0 aliphatic rings. The van der Waals surface area contributed by atoms with E-state index in [4.69, 9.17) is 5.11 Å². The van der Waals surface area contributed by atoms with E-state index in [-0.39, 0.29) is 10.8 Å². The van der Waals surface area contributed by atoms with Gasteiger partial charge < -0.3 is 5.11 Å². The molecule has 0 heterocycles. The molecular weight excluding hydrogens is 240 g/mol. The van der Waals surface area contributed by atoms with E-state index in [9.17, 15) is 13.2 Å². The fourth-order valence-corrected chi connectivity index (χ4v) is 1.99. The molecule has 17 heavy (non-hydrogen) atoms. The van der Waals surface area contributed by atoms with E-state index >= 15 is 0 Å². The minimum absolute atomic E-state index is 0.0697. The van der Waals surface area contributed by atoms with Crippen molar-refractivity contribution >= 4 is 15.8 Å². The fourth-order valence-electron chi connectivity index (χ4n) is 1.36. The van der Waals surface area contributed by atoms with Crippen LogP contribution in [0.25, 0.3) is 0 Å². The highest BCUT2D eigenvalue weighted by Gasteiger charge is 2.08. The van der Waals surface area contributed by atoms with Crippen molar-refractivity contribution in [2.75, 3.05) is 6.26 Å². The Morgan fingerprint density at radius 2 is 1.82 bits per heavy atom. The zero-order valence-corrected chi connectivity index (χ0v) is 10.4. The molecule has 0 spiro atoms. The fraction of sp³-hybridized carbons (Fsp3) is 0.250. The van der Waals surface area contributed by atoms with Crippen molar-refractivity contribution in [2.45, 2.75) is 17.7 Å². The van der Waals surface area contributed by atoms with Crippen molar-refractivity contribution in [3.8, 4) is 0 Å². The first-order valence-corrected chi connectivity index (χ1v) is 6.91. The second kappa shape index (κ2) is 5.14. The van der Waals surface area contributed by atoms with E-state index in [2.05, 4.69) is 0 Å². The third-order valence-corrected chi connectivity index (χ3v) is 3.49. The number of carbonyl (C=O) groups is 1. The number of rotatable bonds is 4.